The van der Waals surface area contributed by atoms with Crippen LogP contribution in [0, 0.1) is 11.8 Å². The molecule has 0 radical (unpaired) electrons. The number of aromatic nitrogens is 1. The topological polar surface area (TPSA) is 51.6 Å². The van der Waals surface area contributed by atoms with Gasteiger partial charge in [0.05, 0.1) is 18.9 Å². The minimum Gasteiger partial charge on any atom is -0.489 e. The summed E-state index contributed by atoms with van der Waals surface area (Å²) in [6.45, 7) is 1.48. The lowest BCUT2D eigenvalue weighted by molar-refractivity contribution is -0.0111. The summed E-state index contributed by atoms with van der Waals surface area (Å²) in [4.78, 5) is 4.10. The van der Waals surface area contributed by atoms with Crippen molar-refractivity contribution >= 4 is 0 Å². The number of hydrogen-bond acceptors (Lipinski definition) is 4. The van der Waals surface area contributed by atoms with E-state index in [1.54, 1.807) is 12.4 Å². The first-order valence-corrected chi connectivity index (χ1v) is 6.67. The van der Waals surface area contributed by atoms with Gasteiger partial charge >= 0.3 is 0 Å². The van der Waals surface area contributed by atoms with Crippen LogP contribution in [0.4, 0.5) is 0 Å². The van der Waals surface area contributed by atoms with Crippen molar-refractivity contribution in [2.45, 2.75) is 31.8 Å². The van der Waals surface area contributed by atoms with Gasteiger partial charge in [-0.2, -0.15) is 0 Å². The Morgan fingerprint density at radius 1 is 1.42 bits per heavy atom. The van der Waals surface area contributed by atoms with Crippen LogP contribution in [0.1, 0.15) is 31.2 Å². The molecule has 1 N–H and O–H groups in total. The first kappa shape index (κ1) is 13.9. The van der Waals surface area contributed by atoms with Gasteiger partial charge in [-0.1, -0.05) is 11.8 Å². The Kier molecular flexibility index (Phi) is 5.67. The van der Waals surface area contributed by atoms with E-state index in [0.29, 0.717) is 18.8 Å². The van der Waals surface area contributed by atoms with Gasteiger partial charge in [0.25, 0.3) is 0 Å². The zero-order chi connectivity index (χ0) is 13.3. The van der Waals surface area contributed by atoms with E-state index < -0.39 is 0 Å². The molecular weight excluding hydrogens is 242 g/mol. The first-order chi connectivity index (χ1) is 9.38. The van der Waals surface area contributed by atoms with Gasteiger partial charge in [-0.15, -0.1) is 0 Å². The molecule has 2 heterocycles. The van der Waals surface area contributed by atoms with Gasteiger partial charge in [0.15, 0.2) is 0 Å². The van der Waals surface area contributed by atoms with Crippen molar-refractivity contribution in [3.05, 3.63) is 24.0 Å². The van der Waals surface area contributed by atoms with Crippen molar-refractivity contribution in [2.75, 3.05) is 19.8 Å². The van der Waals surface area contributed by atoms with Crippen LogP contribution >= 0.6 is 0 Å². The van der Waals surface area contributed by atoms with Crippen molar-refractivity contribution < 1.29 is 14.6 Å². The number of ether oxygens (including phenoxy) is 2. The largest absolute Gasteiger partial charge is 0.489 e. The Labute approximate surface area is 113 Å². The van der Waals surface area contributed by atoms with Gasteiger partial charge in [-0.3, -0.25) is 4.98 Å². The van der Waals surface area contributed by atoms with Crippen molar-refractivity contribution in [3.8, 4) is 17.6 Å². The third-order valence-corrected chi connectivity index (χ3v) is 2.89. The van der Waals surface area contributed by atoms with Gasteiger partial charge in [-0.05, 0) is 25.3 Å². The summed E-state index contributed by atoms with van der Waals surface area (Å²) in [5.74, 6) is 6.52. The van der Waals surface area contributed by atoms with Crippen LogP contribution in [-0.2, 0) is 4.74 Å². The van der Waals surface area contributed by atoms with E-state index >= 15 is 0 Å². The Balaban J connectivity index is 1.86. The Morgan fingerprint density at radius 2 is 2.37 bits per heavy atom. The summed E-state index contributed by atoms with van der Waals surface area (Å²) in [5.41, 5.74) is 0.801. The van der Waals surface area contributed by atoms with Gasteiger partial charge < -0.3 is 14.6 Å². The van der Waals surface area contributed by atoms with Crippen LogP contribution in [0.3, 0.4) is 0 Å². The minimum atomic E-state index is 0.0790. The second kappa shape index (κ2) is 7.78. The molecule has 102 valence electrons. The number of hydrogen-bond donors (Lipinski definition) is 1. The molecule has 0 saturated carbocycles. The molecule has 1 fully saturated rings. The SMILES string of the molecule is OCCC#Cc1cncc(OCC2CCCCO2)c1. The summed E-state index contributed by atoms with van der Waals surface area (Å²) in [5, 5.41) is 8.67. The molecule has 1 aromatic heterocycles. The lowest BCUT2D eigenvalue weighted by atomic mass is 10.1. The molecule has 19 heavy (non-hydrogen) atoms. The summed E-state index contributed by atoms with van der Waals surface area (Å²) < 4.78 is 11.3. The normalized spacial score (nSPS) is 18.5. The second-order valence-corrected chi connectivity index (χ2v) is 4.48. The van der Waals surface area contributed by atoms with Crippen LogP contribution in [0.5, 0.6) is 5.75 Å². The summed E-state index contributed by atoms with van der Waals surface area (Å²) in [6, 6.07) is 1.86. The number of rotatable bonds is 4. The molecule has 0 amide bonds. The lowest BCUT2D eigenvalue weighted by Gasteiger charge is -2.22. The van der Waals surface area contributed by atoms with Crippen molar-refractivity contribution in [1.29, 1.82) is 0 Å². The zero-order valence-electron chi connectivity index (χ0n) is 11.0. The second-order valence-electron chi connectivity index (χ2n) is 4.48. The van der Waals surface area contributed by atoms with Gasteiger partial charge in [-0.25, -0.2) is 0 Å². The quantitative estimate of drug-likeness (QED) is 0.839. The molecule has 1 unspecified atom stereocenters. The van der Waals surface area contributed by atoms with E-state index in [1.165, 1.54) is 6.42 Å². The molecule has 1 saturated heterocycles. The van der Waals surface area contributed by atoms with E-state index in [2.05, 4.69) is 16.8 Å². The molecule has 1 aliphatic heterocycles. The summed E-state index contributed by atoms with van der Waals surface area (Å²) in [7, 11) is 0. The van der Waals surface area contributed by atoms with E-state index in [9.17, 15) is 0 Å². The van der Waals surface area contributed by atoms with Crippen molar-refractivity contribution in [3.63, 3.8) is 0 Å². The third kappa shape index (κ3) is 4.90. The van der Waals surface area contributed by atoms with E-state index in [0.717, 1.165) is 25.0 Å². The number of pyridine rings is 1. The van der Waals surface area contributed by atoms with Crippen LogP contribution in [0.25, 0.3) is 0 Å². The molecule has 1 aromatic rings. The highest BCUT2D eigenvalue weighted by molar-refractivity contribution is 5.36. The first-order valence-electron chi connectivity index (χ1n) is 6.67. The molecule has 0 bridgehead atoms. The predicted octanol–water partition coefficient (Wildman–Crippen LogP) is 1.76. The maximum Gasteiger partial charge on any atom is 0.138 e. The predicted molar refractivity (Wildman–Crippen MR) is 71.9 cm³/mol. The highest BCUT2D eigenvalue weighted by Crippen LogP contribution is 2.16. The average Bonchev–Trinajstić information content (AvgIpc) is 2.47. The molecule has 0 aliphatic carbocycles. The molecule has 2 rings (SSSR count). The summed E-state index contributed by atoms with van der Waals surface area (Å²) in [6.07, 6.45) is 7.45. The fraction of sp³-hybridized carbons (Fsp3) is 0.533. The van der Waals surface area contributed by atoms with Gasteiger partial charge in [0.1, 0.15) is 12.4 Å². The number of aliphatic hydroxyl groups excluding tert-OH is 1. The highest BCUT2D eigenvalue weighted by Gasteiger charge is 2.14. The number of nitrogens with zero attached hydrogens (tertiary/aromatic N) is 1. The standard InChI is InChI=1S/C15H19NO3/c17-7-3-1-5-13-9-15(11-16-10-13)19-12-14-6-2-4-8-18-14/h9-11,14,17H,2-4,6-8,12H2. The van der Waals surface area contributed by atoms with Crippen LogP contribution in [0.2, 0.25) is 0 Å². The van der Waals surface area contributed by atoms with E-state index in [-0.39, 0.29) is 12.7 Å². The molecule has 4 nitrogen and oxygen atoms in total. The molecule has 0 spiro atoms. The molecule has 1 atom stereocenters. The van der Waals surface area contributed by atoms with E-state index in [4.69, 9.17) is 14.6 Å². The number of aliphatic hydroxyl groups is 1. The fourth-order valence-corrected chi connectivity index (χ4v) is 1.91. The highest BCUT2D eigenvalue weighted by atomic mass is 16.5. The Bertz CT molecular complexity index is 444. The minimum absolute atomic E-state index is 0.0790. The molecule has 0 aromatic carbocycles. The monoisotopic (exact) mass is 261 g/mol. The molecule has 1 aliphatic rings. The van der Waals surface area contributed by atoms with Crippen molar-refractivity contribution in [2.24, 2.45) is 0 Å². The van der Waals surface area contributed by atoms with E-state index in [1.807, 2.05) is 6.07 Å². The molecule has 4 heteroatoms. The smallest absolute Gasteiger partial charge is 0.138 e. The Hall–Kier alpha value is -1.57. The third-order valence-electron chi connectivity index (χ3n) is 2.89. The average molecular weight is 261 g/mol. The lowest BCUT2D eigenvalue weighted by Crippen LogP contribution is -2.25. The van der Waals surface area contributed by atoms with Crippen LogP contribution in [0.15, 0.2) is 18.5 Å². The van der Waals surface area contributed by atoms with Crippen molar-refractivity contribution in [1.82, 2.24) is 4.98 Å². The Morgan fingerprint density at radius 3 is 3.16 bits per heavy atom. The van der Waals surface area contributed by atoms with Crippen LogP contribution in [-0.4, -0.2) is 36.0 Å². The maximum absolute atomic E-state index is 8.67. The van der Waals surface area contributed by atoms with Gasteiger partial charge in [0.2, 0.25) is 0 Å². The maximum atomic E-state index is 8.67. The molecular formula is C15H19NO3. The fourth-order valence-electron chi connectivity index (χ4n) is 1.91. The van der Waals surface area contributed by atoms with Gasteiger partial charge in [0, 0.05) is 24.8 Å². The summed E-state index contributed by atoms with van der Waals surface area (Å²) >= 11 is 0. The van der Waals surface area contributed by atoms with Crippen LogP contribution < -0.4 is 4.74 Å². The zero-order valence-corrected chi connectivity index (χ0v) is 11.0.